The second-order valence-corrected chi connectivity index (χ2v) is 8.26. The van der Waals surface area contributed by atoms with Gasteiger partial charge in [-0.25, -0.2) is 0 Å². The molecule has 2 aliphatic rings. The zero-order chi connectivity index (χ0) is 17.6. The van der Waals surface area contributed by atoms with Crippen molar-refractivity contribution < 1.29 is 10.2 Å². The van der Waals surface area contributed by atoms with Crippen molar-refractivity contribution in [1.29, 1.82) is 0 Å². The summed E-state index contributed by atoms with van der Waals surface area (Å²) in [5.41, 5.74) is 0.987. The Kier molecular flexibility index (Phi) is 6.88. The summed E-state index contributed by atoms with van der Waals surface area (Å²) in [6, 6.07) is 2.12. The molecule has 3 heterocycles. The lowest BCUT2D eigenvalue weighted by atomic mass is 9.96. The summed E-state index contributed by atoms with van der Waals surface area (Å²) in [4.78, 5) is 8.72. The molecule has 0 aromatic carbocycles. The molecule has 138 valence electrons. The molecular formula is C19H29N3O2S. The smallest absolute Gasteiger partial charge is 0.104 e. The molecule has 3 rings (SSSR count). The van der Waals surface area contributed by atoms with Crippen LogP contribution in [0.1, 0.15) is 10.4 Å². The Morgan fingerprint density at radius 2 is 1.88 bits per heavy atom. The fourth-order valence-corrected chi connectivity index (χ4v) is 4.69. The number of likely N-dealkylation sites (N-methyl/N-ethyl adjacent to an activating group) is 1. The predicted molar refractivity (Wildman–Crippen MR) is 102 cm³/mol. The lowest BCUT2D eigenvalue weighted by molar-refractivity contribution is 0.116. The molecule has 2 saturated heterocycles. The molecule has 0 unspecified atom stereocenters. The Morgan fingerprint density at radius 1 is 1.12 bits per heavy atom. The van der Waals surface area contributed by atoms with Gasteiger partial charge in [0.05, 0.1) is 0 Å². The van der Waals surface area contributed by atoms with E-state index < -0.39 is 0 Å². The number of aliphatic hydroxyl groups is 2. The predicted octanol–water partition coefficient (Wildman–Crippen LogP) is 0.380. The lowest BCUT2D eigenvalue weighted by Gasteiger charge is -2.34. The number of aliphatic hydroxyl groups excluding tert-OH is 2. The highest BCUT2D eigenvalue weighted by Crippen LogP contribution is 2.27. The van der Waals surface area contributed by atoms with Crippen LogP contribution in [0, 0.1) is 23.7 Å². The Labute approximate surface area is 154 Å². The van der Waals surface area contributed by atoms with Crippen molar-refractivity contribution in [3.05, 3.63) is 21.9 Å². The molecular weight excluding hydrogens is 334 g/mol. The molecule has 2 fully saturated rings. The minimum absolute atomic E-state index is 0.0938. The summed E-state index contributed by atoms with van der Waals surface area (Å²) in [5, 5.41) is 20.6. The van der Waals surface area contributed by atoms with Crippen LogP contribution in [0.4, 0.5) is 0 Å². The van der Waals surface area contributed by atoms with Gasteiger partial charge in [0, 0.05) is 74.8 Å². The first-order valence-corrected chi connectivity index (χ1v) is 9.97. The Morgan fingerprint density at radius 3 is 2.60 bits per heavy atom. The molecule has 6 heteroatoms. The number of thiophene rings is 1. The molecule has 0 saturated carbocycles. The maximum Gasteiger partial charge on any atom is 0.104 e. The van der Waals surface area contributed by atoms with Crippen molar-refractivity contribution in [2.45, 2.75) is 6.54 Å². The van der Waals surface area contributed by atoms with Crippen molar-refractivity contribution in [3.63, 3.8) is 0 Å². The summed E-state index contributed by atoms with van der Waals surface area (Å²) >= 11 is 1.73. The molecule has 0 aliphatic carbocycles. The van der Waals surface area contributed by atoms with E-state index >= 15 is 0 Å². The van der Waals surface area contributed by atoms with E-state index in [1.165, 1.54) is 4.88 Å². The van der Waals surface area contributed by atoms with Crippen LogP contribution in [-0.2, 0) is 6.54 Å². The highest BCUT2D eigenvalue weighted by Gasteiger charge is 2.33. The molecule has 1 aromatic heterocycles. The summed E-state index contributed by atoms with van der Waals surface area (Å²) in [7, 11) is 2.19. The Hall–Kier alpha value is -0.940. The van der Waals surface area contributed by atoms with Gasteiger partial charge in [0.15, 0.2) is 0 Å². The fraction of sp³-hybridized carbons (Fsp3) is 0.684. The van der Waals surface area contributed by atoms with Crippen LogP contribution in [0.25, 0.3) is 0 Å². The molecule has 25 heavy (non-hydrogen) atoms. The number of nitrogens with zero attached hydrogens (tertiary/aromatic N) is 3. The van der Waals surface area contributed by atoms with Gasteiger partial charge in [0.1, 0.15) is 6.61 Å². The fourth-order valence-electron chi connectivity index (χ4n) is 3.83. The molecule has 2 aliphatic heterocycles. The number of piperazine rings is 1. The molecule has 0 bridgehead atoms. The lowest BCUT2D eigenvalue weighted by Crippen LogP contribution is -2.47. The molecule has 0 spiro atoms. The largest absolute Gasteiger partial charge is 0.396 e. The van der Waals surface area contributed by atoms with Crippen molar-refractivity contribution in [1.82, 2.24) is 14.7 Å². The molecule has 0 amide bonds. The van der Waals surface area contributed by atoms with Gasteiger partial charge in [0.2, 0.25) is 0 Å². The number of likely N-dealkylation sites (tertiary alicyclic amines) is 1. The number of rotatable bonds is 5. The van der Waals surface area contributed by atoms with Crippen molar-refractivity contribution in [2.75, 3.05) is 66.1 Å². The molecule has 5 nitrogen and oxygen atoms in total. The molecule has 2 N–H and O–H groups in total. The van der Waals surface area contributed by atoms with Crippen LogP contribution in [-0.4, -0.2) is 91.0 Å². The maximum atomic E-state index is 9.80. The van der Waals surface area contributed by atoms with E-state index in [0.717, 1.165) is 57.9 Å². The summed E-state index contributed by atoms with van der Waals surface area (Å²) in [6.45, 7) is 8.84. The summed E-state index contributed by atoms with van der Waals surface area (Å²) in [5.74, 6) is 6.61. The minimum Gasteiger partial charge on any atom is -0.396 e. The quantitative estimate of drug-likeness (QED) is 0.741. The van der Waals surface area contributed by atoms with E-state index in [2.05, 4.69) is 45.0 Å². The third kappa shape index (κ3) is 5.27. The van der Waals surface area contributed by atoms with Crippen LogP contribution in [0.5, 0.6) is 0 Å². The standard InChI is InChI=1S/C19H29N3O2S/c1-20-4-6-21(7-5-20)10-17-11-22(12-18(17)14-24)13-19-9-16(15-25-19)3-2-8-23/h9,15,17-18,23-24H,4-8,10-14H2,1H3/t17-,18-/m1/s1. The van der Waals surface area contributed by atoms with E-state index in [-0.39, 0.29) is 13.2 Å². The molecule has 0 radical (unpaired) electrons. The molecule has 1 aromatic rings. The van der Waals surface area contributed by atoms with E-state index in [0.29, 0.717) is 11.8 Å². The van der Waals surface area contributed by atoms with Gasteiger partial charge in [-0.3, -0.25) is 4.90 Å². The van der Waals surface area contributed by atoms with Gasteiger partial charge in [-0.2, -0.15) is 0 Å². The third-order valence-corrected chi connectivity index (χ3v) is 6.24. The minimum atomic E-state index is -0.0938. The average Bonchev–Trinajstić information content (AvgIpc) is 3.22. The van der Waals surface area contributed by atoms with Crippen molar-refractivity contribution >= 4 is 11.3 Å². The second kappa shape index (κ2) is 9.13. The SMILES string of the molecule is CN1CCN(C[C@@H]2CN(Cc3cc(C#CCO)cs3)C[C@@H]2CO)CC1. The van der Waals surface area contributed by atoms with Gasteiger partial charge < -0.3 is 20.0 Å². The number of hydrogen-bond donors (Lipinski definition) is 2. The van der Waals surface area contributed by atoms with E-state index in [9.17, 15) is 5.11 Å². The zero-order valence-electron chi connectivity index (χ0n) is 15.0. The van der Waals surface area contributed by atoms with E-state index in [1.807, 2.05) is 0 Å². The van der Waals surface area contributed by atoms with Crippen molar-refractivity contribution in [2.24, 2.45) is 11.8 Å². The Bertz CT molecular complexity index is 601. The van der Waals surface area contributed by atoms with Crippen LogP contribution in [0.2, 0.25) is 0 Å². The maximum absolute atomic E-state index is 9.80. The first kappa shape index (κ1) is 18.8. The zero-order valence-corrected chi connectivity index (χ0v) is 15.8. The topological polar surface area (TPSA) is 50.2 Å². The average molecular weight is 364 g/mol. The van der Waals surface area contributed by atoms with Gasteiger partial charge in [-0.15, -0.1) is 11.3 Å². The van der Waals surface area contributed by atoms with Crippen LogP contribution in [0.15, 0.2) is 11.4 Å². The second-order valence-electron chi connectivity index (χ2n) is 7.26. The monoisotopic (exact) mass is 363 g/mol. The third-order valence-electron chi connectivity index (χ3n) is 5.32. The van der Waals surface area contributed by atoms with Crippen LogP contribution < -0.4 is 0 Å². The summed E-state index contributed by atoms with van der Waals surface area (Å²) < 4.78 is 0. The van der Waals surface area contributed by atoms with Gasteiger partial charge >= 0.3 is 0 Å². The first-order chi connectivity index (χ1) is 12.2. The van der Waals surface area contributed by atoms with Gasteiger partial charge in [0.25, 0.3) is 0 Å². The van der Waals surface area contributed by atoms with Crippen LogP contribution in [0.3, 0.4) is 0 Å². The van der Waals surface area contributed by atoms with Crippen molar-refractivity contribution in [3.8, 4) is 11.8 Å². The highest BCUT2D eigenvalue weighted by atomic mass is 32.1. The van der Waals surface area contributed by atoms with Gasteiger partial charge in [-0.1, -0.05) is 11.8 Å². The normalized spacial score (nSPS) is 25.9. The van der Waals surface area contributed by atoms with E-state index in [1.54, 1.807) is 11.3 Å². The summed E-state index contributed by atoms with van der Waals surface area (Å²) in [6.07, 6.45) is 0. The molecule has 2 atom stereocenters. The highest BCUT2D eigenvalue weighted by molar-refractivity contribution is 7.10. The van der Waals surface area contributed by atoms with Crippen LogP contribution >= 0.6 is 11.3 Å². The van der Waals surface area contributed by atoms with Gasteiger partial charge in [-0.05, 0) is 24.9 Å². The van der Waals surface area contributed by atoms with E-state index in [4.69, 9.17) is 5.11 Å². The first-order valence-electron chi connectivity index (χ1n) is 9.09. The number of hydrogen-bond acceptors (Lipinski definition) is 6. The Balaban J connectivity index is 1.53.